The molecule has 0 bridgehead atoms. The summed E-state index contributed by atoms with van der Waals surface area (Å²) in [6, 6.07) is 15.1. The first-order valence-electron chi connectivity index (χ1n) is 11.1. The van der Waals surface area contributed by atoms with E-state index < -0.39 is 18.0 Å². The van der Waals surface area contributed by atoms with Crippen LogP contribution in [-0.4, -0.2) is 30.6 Å². The first kappa shape index (κ1) is 21.5. The number of aromatic hydroxyl groups is 6. The van der Waals surface area contributed by atoms with Crippen LogP contribution in [0.4, 0.5) is 0 Å². The number of rotatable bonds is 2. The van der Waals surface area contributed by atoms with Gasteiger partial charge in [0.1, 0.15) is 23.0 Å². The Morgan fingerprint density at radius 2 is 1.19 bits per heavy atom. The third-order valence-electron chi connectivity index (χ3n) is 6.33. The molecule has 0 amide bonds. The molecule has 0 fully saturated rings. The maximum absolute atomic E-state index is 10.7. The molecule has 6 N–H and O–H groups in total. The summed E-state index contributed by atoms with van der Waals surface area (Å²) in [6.45, 7) is 0. The molecule has 1 aliphatic carbocycles. The van der Waals surface area contributed by atoms with Crippen molar-refractivity contribution in [1.29, 1.82) is 0 Å². The molecule has 36 heavy (non-hydrogen) atoms. The molecule has 1 heterocycles. The fourth-order valence-corrected chi connectivity index (χ4v) is 4.80. The average Bonchev–Trinajstić information content (AvgIpc) is 2.83. The summed E-state index contributed by atoms with van der Waals surface area (Å²) in [5.41, 5.74) is 2.73. The van der Waals surface area contributed by atoms with Crippen LogP contribution >= 0.6 is 0 Å². The Bertz CT molecular complexity index is 1550. The van der Waals surface area contributed by atoms with Crippen LogP contribution in [0.15, 0.2) is 60.7 Å². The van der Waals surface area contributed by atoms with Crippen LogP contribution in [0.3, 0.4) is 0 Å². The normalized spacial score (nSPS) is 17.3. The van der Waals surface area contributed by atoms with Crippen molar-refractivity contribution in [3.8, 4) is 57.1 Å². The van der Waals surface area contributed by atoms with E-state index in [1.807, 2.05) is 6.07 Å². The highest BCUT2D eigenvalue weighted by Gasteiger charge is 2.43. The zero-order valence-electron chi connectivity index (χ0n) is 18.6. The Labute approximate surface area is 204 Å². The van der Waals surface area contributed by atoms with Crippen LogP contribution in [0.1, 0.15) is 34.5 Å². The number of hydrogen-bond acceptors (Lipinski definition) is 8. The van der Waals surface area contributed by atoms with Gasteiger partial charge in [-0.2, -0.15) is 0 Å². The van der Waals surface area contributed by atoms with Gasteiger partial charge in [0.15, 0.2) is 35.2 Å². The van der Waals surface area contributed by atoms with Crippen molar-refractivity contribution >= 4 is 12.2 Å². The van der Waals surface area contributed by atoms with E-state index in [0.29, 0.717) is 28.2 Å². The molecule has 2 unspecified atom stereocenters. The van der Waals surface area contributed by atoms with Gasteiger partial charge in [-0.3, -0.25) is 0 Å². The highest BCUT2D eigenvalue weighted by Crippen LogP contribution is 2.58. The Balaban J connectivity index is 1.43. The van der Waals surface area contributed by atoms with Crippen molar-refractivity contribution in [2.75, 3.05) is 0 Å². The van der Waals surface area contributed by atoms with E-state index in [2.05, 4.69) is 0 Å². The minimum Gasteiger partial charge on any atom is -0.508 e. The van der Waals surface area contributed by atoms with E-state index in [-0.39, 0.29) is 39.9 Å². The Kier molecular flexibility index (Phi) is 4.65. The van der Waals surface area contributed by atoms with Crippen molar-refractivity contribution in [1.82, 2.24) is 0 Å². The molecule has 0 saturated carbocycles. The molecule has 8 heteroatoms. The number of ether oxygens (including phenoxy) is 2. The average molecular weight is 484 g/mol. The molecule has 4 aromatic carbocycles. The van der Waals surface area contributed by atoms with Crippen LogP contribution in [0.5, 0.6) is 46.0 Å². The van der Waals surface area contributed by atoms with Crippen molar-refractivity contribution in [2.45, 2.75) is 12.2 Å². The Morgan fingerprint density at radius 3 is 1.97 bits per heavy atom. The zero-order valence-corrected chi connectivity index (χ0v) is 18.6. The van der Waals surface area contributed by atoms with Gasteiger partial charge in [0.05, 0.1) is 0 Å². The predicted molar refractivity (Wildman–Crippen MR) is 130 cm³/mol. The van der Waals surface area contributed by atoms with E-state index >= 15 is 0 Å². The quantitative estimate of drug-likeness (QED) is 0.166. The first-order valence-corrected chi connectivity index (χ1v) is 11.1. The van der Waals surface area contributed by atoms with E-state index in [4.69, 9.17) is 9.47 Å². The number of phenols is 6. The number of benzene rings is 4. The van der Waals surface area contributed by atoms with Gasteiger partial charge in [-0.15, -0.1) is 0 Å². The lowest BCUT2D eigenvalue weighted by molar-refractivity contribution is 0.0166. The molecule has 4 aromatic rings. The molecule has 0 radical (unpaired) electrons. The molecule has 0 aromatic heterocycles. The van der Waals surface area contributed by atoms with Crippen molar-refractivity contribution < 1.29 is 40.1 Å². The molecule has 8 nitrogen and oxygen atoms in total. The smallest absolute Gasteiger partial charge is 0.166 e. The van der Waals surface area contributed by atoms with E-state index in [1.165, 1.54) is 30.3 Å². The monoisotopic (exact) mass is 484 g/mol. The van der Waals surface area contributed by atoms with Gasteiger partial charge in [0.25, 0.3) is 0 Å². The minimum atomic E-state index is -0.741. The summed E-state index contributed by atoms with van der Waals surface area (Å²) in [7, 11) is 0. The lowest BCUT2D eigenvalue weighted by atomic mass is 9.80. The van der Waals surface area contributed by atoms with Gasteiger partial charge in [-0.1, -0.05) is 24.3 Å². The molecule has 2 atom stereocenters. The summed E-state index contributed by atoms with van der Waals surface area (Å²) >= 11 is 0. The maximum Gasteiger partial charge on any atom is 0.166 e. The Morgan fingerprint density at radius 1 is 0.528 bits per heavy atom. The fourth-order valence-electron chi connectivity index (χ4n) is 4.80. The second-order valence-corrected chi connectivity index (χ2v) is 8.73. The fraction of sp³-hybridized carbons (Fsp3) is 0.0714. The van der Waals surface area contributed by atoms with Crippen LogP contribution in [0, 0.1) is 0 Å². The molecule has 0 spiro atoms. The molecule has 1 aliphatic heterocycles. The second-order valence-electron chi connectivity index (χ2n) is 8.73. The van der Waals surface area contributed by atoms with Gasteiger partial charge in [-0.05, 0) is 47.5 Å². The number of hydrogen-bond donors (Lipinski definition) is 6. The molecule has 6 rings (SSSR count). The van der Waals surface area contributed by atoms with Crippen LogP contribution in [0.25, 0.3) is 23.3 Å². The topological polar surface area (TPSA) is 140 Å². The third kappa shape index (κ3) is 3.39. The molecular formula is C28H20O8. The van der Waals surface area contributed by atoms with Crippen molar-refractivity contribution in [2.24, 2.45) is 0 Å². The summed E-state index contributed by atoms with van der Waals surface area (Å²) in [4.78, 5) is 0. The SMILES string of the molecule is Oc1cc(O)cc(C=Cc2ccc3c(c2)OC2c4ccc(O)c(O)c4-c4c(O)cc(O)cc4C2O3)c1. The predicted octanol–water partition coefficient (Wildman–Crippen LogP) is 5.32. The lowest BCUT2D eigenvalue weighted by Gasteiger charge is -2.39. The summed E-state index contributed by atoms with van der Waals surface area (Å²) in [5.74, 6) is -0.427. The zero-order chi connectivity index (χ0) is 25.1. The first-order chi connectivity index (χ1) is 17.3. The van der Waals surface area contributed by atoms with Gasteiger partial charge >= 0.3 is 0 Å². The molecule has 2 aliphatic rings. The second kappa shape index (κ2) is 7.78. The van der Waals surface area contributed by atoms with Gasteiger partial charge < -0.3 is 40.1 Å². The molecule has 0 saturated heterocycles. The van der Waals surface area contributed by atoms with E-state index in [0.717, 1.165) is 11.6 Å². The van der Waals surface area contributed by atoms with Crippen LogP contribution in [-0.2, 0) is 0 Å². The minimum absolute atomic E-state index is 0.0505. The highest BCUT2D eigenvalue weighted by molar-refractivity contribution is 5.86. The number of phenolic OH excluding ortho intramolecular Hbond substituents is 6. The van der Waals surface area contributed by atoms with E-state index in [1.54, 1.807) is 30.4 Å². The standard InChI is InChI=1S/C28H20O8/c29-15-7-14(8-16(30)10-15)2-1-13-3-6-22-23(9-13)36-27-18-4-5-20(32)26(34)25(18)24-19(28(27)35-22)11-17(31)12-21(24)33/h1-12,27-34H. The molecular weight excluding hydrogens is 464 g/mol. The van der Waals surface area contributed by atoms with Crippen LogP contribution < -0.4 is 9.47 Å². The van der Waals surface area contributed by atoms with Gasteiger partial charge in [0, 0.05) is 34.4 Å². The van der Waals surface area contributed by atoms with Crippen molar-refractivity contribution in [3.05, 3.63) is 82.9 Å². The number of fused-ring (bicyclic) bond motifs is 7. The maximum atomic E-state index is 10.7. The summed E-state index contributed by atoms with van der Waals surface area (Å²) < 4.78 is 12.6. The van der Waals surface area contributed by atoms with Crippen molar-refractivity contribution in [3.63, 3.8) is 0 Å². The van der Waals surface area contributed by atoms with Crippen LogP contribution in [0.2, 0.25) is 0 Å². The van der Waals surface area contributed by atoms with Gasteiger partial charge in [-0.25, -0.2) is 0 Å². The summed E-state index contributed by atoms with van der Waals surface area (Å²) in [6.07, 6.45) is 2.04. The van der Waals surface area contributed by atoms with E-state index in [9.17, 15) is 30.6 Å². The molecule has 180 valence electrons. The third-order valence-corrected chi connectivity index (χ3v) is 6.33. The lowest BCUT2D eigenvalue weighted by Crippen LogP contribution is -2.30. The van der Waals surface area contributed by atoms with Gasteiger partial charge in [0.2, 0.25) is 0 Å². The highest BCUT2D eigenvalue weighted by atomic mass is 16.6. The summed E-state index contributed by atoms with van der Waals surface area (Å²) in [5, 5.41) is 60.9. The Hall–Kier alpha value is -4.98. The largest absolute Gasteiger partial charge is 0.508 e.